The van der Waals surface area contributed by atoms with E-state index in [2.05, 4.69) is 0 Å². The fourth-order valence-electron chi connectivity index (χ4n) is 1.77. The van der Waals surface area contributed by atoms with Crippen molar-refractivity contribution in [3.8, 4) is 0 Å². The molecule has 0 N–H and O–H groups in total. The van der Waals surface area contributed by atoms with Crippen LogP contribution in [0.3, 0.4) is 0 Å². The number of hydrogen-bond donors (Lipinski definition) is 0. The van der Waals surface area contributed by atoms with Crippen LogP contribution < -0.4 is 0 Å². The number of rotatable bonds is 9. The number of nitrogens with zero attached hydrogens (tertiary/aromatic N) is 1. The number of carbonyl (C=O) groups excluding carboxylic acids is 2. The molecule has 0 aliphatic rings. The van der Waals surface area contributed by atoms with E-state index < -0.39 is 28.3 Å². The van der Waals surface area contributed by atoms with Crippen molar-refractivity contribution in [2.75, 3.05) is 13.2 Å². The highest BCUT2D eigenvalue weighted by atomic mass is 16.6. The second kappa shape index (κ2) is 8.50. The maximum absolute atomic E-state index is 11.8. The van der Waals surface area contributed by atoms with Crippen molar-refractivity contribution in [3.05, 3.63) is 10.1 Å². The molecular weight excluding hydrogens is 266 g/mol. The molecule has 1 unspecified atom stereocenters. The topological polar surface area (TPSA) is 95.7 Å². The second-order valence-corrected chi connectivity index (χ2v) is 5.07. The summed E-state index contributed by atoms with van der Waals surface area (Å²) in [5, 5.41) is 10.9. The van der Waals surface area contributed by atoms with Crippen LogP contribution in [-0.2, 0) is 19.1 Å². The normalized spacial score (nSPS) is 12.6. The lowest BCUT2D eigenvalue weighted by molar-refractivity contribution is -0.562. The van der Waals surface area contributed by atoms with Crippen molar-refractivity contribution in [3.63, 3.8) is 0 Å². The maximum atomic E-state index is 11.8. The zero-order valence-electron chi connectivity index (χ0n) is 12.5. The van der Waals surface area contributed by atoms with Crippen LogP contribution in [0.2, 0.25) is 0 Å². The van der Waals surface area contributed by atoms with Crippen molar-refractivity contribution in [1.29, 1.82) is 0 Å². The molecule has 0 spiro atoms. The van der Waals surface area contributed by atoms with Crippen molar-refractivity contribution in [1.82, 2.24) is 0 Å². The van der Waals surface area contributed by atoms with Gasteiger partial charge >= 0.3 is 11.9 Å². The van der Waals surface area contributed by atoms with E-state index in [-0.39, 0.29) is 32.5 Å². The molecule has 0 aromatic carbocycles. The van der Waals surface area contributed by atoms with Gasteiger partial charge in [-0.1, -0.05) is 0 Å². The Hall–Kier alpha value is -1.66. The molecule has 0 rings (SSSR count). The van der Waals surface area contributed by atoms with Crippen LogP contribution in [0.4, 0.5) is 0 Å². The predicted octanol–water partition coefficient (Wildman–Crippen LogP) is 1.95. The summed E-state index contributed by atoms with van der Waals surface area (Å²) in [6.45, 7) is 6.72. The van der Waals surface area contributed by atoms with Gasteiger partial charge in [-0.15, -0.1) is 0 Å². The third-order valence-corrected chi connectivity index (χ3v) is 2.86. The quantitative estimate of drug-likeness (QED) is 0.366. The van der Waals surface area contributed by atoms with E-state index in [1.54, 1.807) is 13.8 Å². The molecule has 0 amide bonds. The first kappa shape index (κ1) is 18.3. The zero-order chi connectivity index (χ0) is 15.8. The number of hydrogen-bond acceptors (Lipinski definition) is 6. The Bertz CT molecular complexity index is 353. The SMILES string of the molecule is CCOC(=O)CCC(CC(C)(C)[N+](=O)[O-])C(=O)OCC. The number of esters is 2. The maximum Gasteiger partial charge on any atom is 0.309 e. The molecule has 0 aliphatic heterocycles. The van der Waals surface area contributed by atoms with Gasteiger partial charge in [0.25, 0.3) is 0 Å². The molecule has 0 fully saturated rings. The van der Waals surface area contributed by atoms with Gasteiger partial charge in [0.15, 0.2) is 0 Å². The highest BCUT2D eigenvalue weighted by molar-refractivity contribution is 5.74. The van der Waals surface area contributed by atoms with Crippen molar-refractivity contribution in [2.45, 2.75) is 52.5 Å². The summed E-state index contributed by atoms with van der Waals surface area (Å²) in [6.07, 6.45) is 0.262. The lowest BCUT2D eigenvalue weighted by Gasteiger charge is -2.21. The molecule has 0 aromatic rings. The first-order valence-corrected chi connectivity index (χ1v) is 6.71. The molecule has 1 atom stereocenters. The summed E-state index contributed by atoms with van der Waals surface area (Å²) in [6, 6.07) is 0. The van der Waals surface area contributed by atoms with Gasteiger partial charge in [0.05, 0.1) is 19.1 Å². The van der Waals surface area contributed by atoms with Crippen LogP contribution in [0.25, 0.3) is 0 Å². The predicted molar refractivity (Wildman–Crippen MR) is 71.7 cm³/mol. The summed E-state index contributed by atoms with van der Waals surface area (Å²) in [5.74, 6) is -1.60. The number of carbonyl (C=O) groups is 2. The van der Waals surface area contributed by atoms with Crippen LogP contribution in [-0.4, -0.2) is 35.6 Å². The van der Waals surface area contributed by atoms with Gasteiger partial charge in [-0.25, -0.2) is 0 Å². The summed E-state index contributed by atoms with van der Waals surface area (Å²) < 4.78 is 9.69. The highest BCUT2D eigenvalue weighted by Crippen LogP contribution is 2.24. The average Bonchev–Trinajstić information content (AvgIpc) is 2.34. The second-order valence-electron chi connectivity index (χ2n) is 5.07. The third kappa shape index (κ3) is 6.49. The Morgan fingerprint density at radius 2 is 1.75 bits per heavy atom. The van der Waals surface area contributed by atoms with Crippen LogP contribution in [0, 0.1) is 16.0 Å². The Kier molecular flexibility index (Phi) is 7.79. The van der Waals surface area contributed by atoms with Gasteiger partial charge in [0.2, 0.25) is 5.54 Å². The first-order chi connectivity index (χ1) is 9.24. The average molecular weight is 289 g/mol. The van der Waals surface area contributed by atoms with E-state index in [0.29, 0.717) is 0 Å². The van der Waals surface area contributed by atoms with Crippen LogP contribution in [0.1, 0.15) is 47.0 Å². The van der Waals surface area contributed by atoms with E-state index >= 15 is 0 Å². The van der Waals surface area contributed by atoms with E-state index in [4.69, 9.17) is 9.47 Å². The molecule has 7 heteroatoms. The largest absolute Gasteiger partial charge is 0.466 e. The molecule has 20 heavy (non-hydrogen) atoms. The minimum Gasteiger partial charge on any atom is -0.466 e. The lowest BCUT2D eigenvalue weighted by Crippen LogP contribution is -2.36. The van der Waals surface area contributed by atoms with E-state index in [1.807, 2.05) is 0 Å². The monoisotopic (exact) mass is 289 g/mol. The molecule has 0 heterocycles. The van der Waals surface area contributed by atoms with Gasteiger partial charge in [-0.2, -0.15) is 0 Å². The van der Waals surface area contributed by atoms with Crippen LogP contribution >= 0.6 is 0 Å². The molecule has 7 nitrogen and oxygen atoms in total. The van der Waals surface area contributed by atoms with E-state index in [9.17, 15) is 19.7 Å². The van der Waals surface area contributed by atoms with Gasteiger partial charge in [-0.3, -0.25) is 19.7 Å². The Labute approximate surface area is 118 Å². The van der Waals surface area contributed by atoms with E-state index in [1.165, 1.54) is 13.8 Å². The number of ether oxygens (including phenoxy) is 2. The molecule has 0 aliphatic carbocycles. The molecular formula is C13H23NO6. The molecule has 0 saturated heterocycles. The number of nitro groups is 1. The lowest BCUT2D eigenvalue weighted by atomic mass is 9.88. The molecule has 116 valence electrons. The van der Waals surface area contributed by atoms with Crippen molar-refractivity contribution >= 4 is 11.9 Å². The molecule has 0 saturated carbocycles. The standard InChI is InChI=1S/C13H23NO6/c1-5-19-11(15)8-7-10(12(16)20-6-2)9-13(3,4)14(17)18/h10H,5-9H2,1-4H3. The van der Waals surface area contributed by atoms with Crippen molar-refractivity contribution in [2.24, 2.45) is 5.92 Å². The van der Waals surface area contributed by atoms with Crippen molar-refractivity contribution < 1.29 is 24.0 Å². The minimum absolute atomic E-state index is 0.0260. The summed E-state index contributed by atoms with van der Waals surface area (Å²) >= 11 is 0. The first-order valence-electron chi connectivity index (χ1n) is 6.71. The Morgan fingerprint density at radius 3 is 2.20 bits per heavy atom. The Morgan fingerprint density at radius 1 is 1.20 bits per heavy atom. The van der Waals surface area contributed by atoms with Gasteiger partial charge in [0.1, 0.15) is 0 Å². The van der Waals surface area contributed by atoms with E-state index in [0.717, 1.165) is 0 Å². The zero-order valence-corrected chi connectivity index (χ0v) is 12.5. The molecule has 0 radical (unpaired) electrons. The summed E-state index contributed by atoms with van der Waals surface area (Å²) in [4.78, 5) is 33.6. The molecule has 0 bridgehead atoms. The fourth-order valence-corrected chi connectivity index (χ4v) is 1.77. The van der Waals surface area contributed by atoms with Gasteiger partial charge < -0.3 is 9.47 Å². The smallest absolute Gasteiger partial charge is 0.309 e. The van der Waals surface area contributed by atoms with Gasteiger partial charge in [-0.05, 0) is 20.3 Å². The molecule has 0 aromatic heterocycles. The highest BCUT2D eigenvalue weighted by Gasteiger charge is 2.37. The summed E-state index contributed by atoms with van der Waals surface area (Å²) in [7, 11) is 0. The minimum atomic E-state index is -1.24. The fraction of sp³-hybridized carbons (Fsp3) is 0.846. The van der Waals surface area contributed by atoms with Gasteiger partial charge in [0, 0.05) is 31.6 Å². The van der Waals surface area contributed by atoms with Crippen LogP contribution in [0.5, 0.6) is 0 Å². The Balaban J connectivity index is 4.69. The third-order valence-electron chi connectivity index (χ3n) is 2.86. The summed E-state index contributed by atoms with van der Waals surface area (Å²) in [5.41, 5.74) is -1.24. The van der Waals surface area contributed by atoms with Crippen LogP contribution in [0.15, 0.2) is 0 Å².